The van der Waals surface area contributed by atoms with Crippen LogP contribution in [0.3, 0.4) is 0 Å². The van der Waals surface area contributed by atoms with E-state index in [9.17, 15) is 8.42 Å². The van der Waals surface area contributed by atoms with Gasteiger partial charge in [-0.15, -0.1) is 24.8 Å². The van der Waals surface area contributed by atoms with E-state index in [0.29, 0.717) is 44.0 Å². The molecule has 6 rings (SSSR count). The highest BCUT2D eigenvalue weighted by atomic mass is 35.5. The van der Waals surface area contributed by atoms with Crippen molar-refractivity contribution in [3.05, 3.63) is 47.6 Å². The molecule has 2 saturated carbocycles. The van der Waals surface area contributed by atoms with E-state index < -0.39 is 10.0 Å². The third-order valence-corrected chi connectivity index (χ3v) is 10.2. The summed E-state index contributed by atoms with van der Waals surface area (Å²) in [5.41, 5.74) is 8.64. The predicted molar refractivity (Wildman–Crippen MR) is 174 cm³/mol. The van der Waals surface area contributed by atoms with Gasteiger partial charge in [-0.1, -0.05) is 43.2 Å². The van der Waals surface area contributed by atoms with Crippen LogP contribution in [0.5, 0.6) is 0 Å². The molecule has 1 aromatic carbocycles. The maximum Gasteiger partial charge on any atom is 0.236 e. The Morgan fingerprint density at radius 3 is 2.21 bits per heavy atom. The van der Waals surface area contributed by atoms with Gasteiger partial charge in [0.05, 0.1) is 6.33 Å². The number of halogens is 2. The second-order valence-corrected chi connectivity index (χ2v) is 13.3. The molecule has 2 aromatic heterocycles. The molecule has 3 fully saturated rings. The zero-order valence-corrected chi connectivity index (χ0v) is 26.2. The first-order valence-electron chi connectivity index (χ1n) is 14.7. The summed E-state index contributed by atoms with van der Waals surface area (Å²) in [6, 6.07) is 10.6. The number of piperidine rings is 1. The number of sulfonamides is 1. The first-order valence-corrected chi connectivity index (χ1v) is 16.2. The number of imidazole rings is 1. The quantitative estimate of drug-likeness (QED) is 0.302. The molecule has 42 heavy (non-hydrogen) atoms. The average molecular weight is 638 g/mol. The molecule has 13 heteroatoms. The van der Waals surface area contributed by atoms with Crippen molar-refractivity contribution in [1.29, 1.82) is 0 Å². The Morgan fingerprint density at radius 1 is 0.857 bits per heavy atom. The highest BCUT2D eigenvalue weighted by molar-refractivity contribution is 7.92. The van der Waals surface area contributed by atoms with E-state index in [2.05, 4.69) is 15.2 Å². The van der Waals surface area contributed by atoms with Crippen LogP contribution in [-0.2, 0) is 10.0 Å². The lowest BCUT2D eigenvalue weighted by molar-refractivity contribution is 0.333. The van der Waals surface area contributed by atoms with Crippen LogP contribution in [0.4, 0.5) is 11.8 Å². The number of nitrogens with zero attached hydrogens (tertiary/aromatic N) is 5. The fraction of sp³-hybridized carbons (Fsp3) is 0.552. The van der Waals surface area contributed by atoms with Crippen molar-refractivity contribution in [3.63, 3.8) is 0 Å². The Kier molecular flexibility index (Phi) is 11.1. The molecule has 3 aromatic rings. The van der Waals surface area contributed by atoms with E-state index in [1.54, 1.807) is 10.4 Å². The molecule has 4 N–H and O–H groups in total. The summed E-state index contributed by atoms with van der Waals surface area (Å²) in [6.45, 7) is 0.911. The molecule has 3 heterocycles. The highest BCUT2D eigenvalue weighted by Gasteiger charge is 2.29. The summed E-state index contributed by atoms with van der Waals surface area (Å²) in [5, 5.41) is 8.51. The zero-order valence-electron chi connectivity index (χ0n) is 23.8. The summed E-state index contributed by atoms with van der Waals surface area (Å²) < 4.78 is 29.7. The van der Waals surface area contributed by atoms with Crippen LogP contribution in [0.25, 0.3) is 17.2 Å². The Balaban J connectivity index is 0.00000202. The molecule has 0 spiro atoms. The lowest BCUT2D eigenvalue weighted by Crippen LogP contribution is -2.41. The minimum absolute atomic E-state index is 0. The molecule has 0 bridgehead atoms. The van der Waals surface area contributed by atoms with Crippen molar-refractivity contribution in [3.8, 4) is 0 Å². The Morgan fingerprint density at radius 2 is 1.52 bits per heavy atom. The van der Waals surface area contributed by atoms with Gasteiger partial charge in [0.1, 0.15) is 0 Å². The van der Waals surface area contributed by atoms with E-state index in [0.717, 1.165) is 61.1 Å². The van der Waals surface area contributed by atoms with Gasteiger partial charge in [-0.05, 0) is 63.0 Å². The fourth-order valence-corrected chi connectivity index (χ4v) is 7.46. The van der Waals surface area contributed by atoms with Crippen molar-refractivity contribution in [2.75, 3.05) is 23.7 Å². The first kappa shape index (κ1) is 32.5. The molecule has 1 saturated heterocycles. The van der Waals surface area contributed by atoms with Gasteiger partial charge in [0, 0.05) is 42.7 Å². The number of nitrogens with one attached hydrogen (secondary N) is 2. The smallest absolute Gasteiger partial charge is 0.236 e. The molecule has 0 atom stereocenters. The van der Waals surface area contributed by atoms with E-state index in [-0.39, 0.29) is 36.9 Å². The fourth-order valence-electron chi connectivity index (χ4n) is 6.24. The van der Waals surface area contributed by atoms with Crippen molar-refractivity contribution in [2.24, 2.45) is 5.73 Å². The van der Waals surface area contributed by atoms with Gasteiger partial charge in [-0.25, -0.2) is 13.4 Å². The van der Waals surface area contributed by atoms with Crippen molar-refractivity contribution in [1.82, 2.24) is 23.8 Å². The van der Waals surface area contributed by atoms with Gasteiger partial charge in [0.25, 0.3) is 0 Å². The Hall–Kier alpha value is -2.44. The van der Waals surface area contributed by atoms with E-state index >= 15 is 0 Å². The minimum Gasteiger partial charge on any atom is -0.365 e. The molecule has 1 aliphatic heterocycles. The normalized spacial score (nSPS) is 22.6. The Labute approximate surface area is 260 Å². The number of anilines is 2. The molecule has 0 unspecified atom stereocenters. The molecule has 3 aliphatic rings. The zero-order chi connectivity index (χ0) is 27.5. The molecular weight excluding hydrogens is 595 g/mol. The van der Waals surface area contributed by atoms with Gasteiger partial charge in [0.15, 0.2) is 17.0 Å². The van der Waals surface area contributed by atoms with Crippen LogP contribution in [0.2, 0.25) is 0 Å². The maximum absolute atomic E-state index is 13.0. The lowest BCUT2D eigenvalue weighted by atomic mass is 9.92. The number of hydrogen-bond acceptors (Lipinski definition) is 8. The van der Waals surface area contributed by atoms with Crippen molar-refractivity contribution < 1.29 is 8.42 Å². The van der Waals surface area contributed by atoms with Gasteiger partial charge >= 0.3 is 0 Å². The van der Waals surface area contributed by atoms with Crippen LogP contribution in [0.1, 0.15) is 75.8 Å². The first-order chi connectivity index (χ1) is 19.4. The number of benzene rings is 1. The number of aromatic nitrogens is 4. The van der Waals surface area contributed by atoms with Gasteiger partial charge < -0.3 is 20.9 Å². The van der Waals surface area contributed by atoms with Crippen molar-refractivity contribution >= 4 is 63.8 Å². The van der Waals surface area contributed by atoms with Gasteiger partial charge in [-0.2, -0.15) is 14.3 Å². The predicted octanol–water partition coefficient (Wildman–Crippen LogP) is 5.34. The number of hydrogen-bond donors (Lipinski definition) is 3. The maximum atomic E-state index is 13.0. The van der Waals surface area contributed by atoms with Crippen LogP contribution in [0, 0.1) is 0 Å². The minimum atomic E-state index is -3.48. The van der Waals surface area contributed by atoms with Crippen LogP contribution < -0.4 is 16.4 Å². The van der Waals surface area contributed by atoms with Crippen LogP contribution >= 0.6 is 24.8 Å². The second-order valence-electron chi connectivity index (χ2n) is 11.5. The average Bonchev–Trinajstić information content (AvgIpc) is 3.65. The summed E-state index contributed by atoms with van der Waals surface area (Å²) in [4.78, 5) is 14.6. The standard InChI is InChI=1S/C29H40N8O2S.2ClH/c30-22-10-12-23(13-11-22)33-29-34-27(26-28(35-29)37(20-31-26)25-8-4-5-9-25)32-24-14-17-36(18-15-24)40(38,39)19-16-21-6-2-1-3-7-21;;/h1-3,6-7,16,19-20,22-25H,4-5,8-15,17-18,30H2,(H2,32,33,34,35);2*1H/b19-16+;;. The van der Waals surface area contributed by atoms with Crippen molar-refractivity contribution in [2.45, 2.75) is 88.4 Å². The van der Waals surface area contributed by atoms with Gasteiger partial charge in [-0.3, -0.25) is 0 Å². The SMILES string of the molecule is Cl.Cl.NC1CCC(Nc2nc(NC3CCN(S(=O)(=O)/C=C/c4ccccc4)CC3)c3ncn(C4CCCC4)c3n2)CC1. The van der Waals surface area contributed by atoms with E-state index in [1.807, 2.05) is 36.7 Å². The summed E-state index contributed by atoms with van der Waals surface area (Å²) in [7, 11) is -3.48. The molecular formula is C29H42Cl2N8O2S. The highest BCUT2D eigenvalue weighted by Crippen LogP contribution is 2.34. The molecule has 10 nitrogen and oxygen atoms in total. The molecule has 2 aliphatic carbocycles. The third-order valence-electron chi connectivity index (χ3n) is 8.63. The monoisotopic (exact) mass is 636 g/mol. The van der Waals surface area contributed by atoms with Gasteiger partial charge in [0.2, 0.25) is 16.0 Å². The summed E-state index contributed by atoms with van der Waals surface area (Å²) in [5.74, 6) is 1.35. The Bertz CT molecular complexity index is 1430. The van der Waals surface area contributed by atoms with E-state index in [4.69, 9.17) is 20.7 Å². The topological polar surface area (TPSA) is 131 Å². The van der Waals surface area contributed by atoms with Crippen LogP contribution in [-0.4, -0.2) is 63.5 Å². The summed E-state index contributed by atoms with van der Waals surface area (Å²) >= 11 is 0. The second kappa shape index (κ2) is 14.4. The molecule has 230 valence electrons. The molecule has 0 amide bonds. The summed E-state index contributed by atoms with van der Waals surface area (Å²) in [6.07, 6.45) is 13.8. The number of fused-ring (bicyclic) bond motifs is 1. The van der Waals surface area contributed by atoms with E-state index in [1.165, 1.54) is 18.2 Å². The molecule has 0 radical (unpaired) electrons. The number of rotatable bonds is 8. The third kappa shape index (κ3) is 7.55. The lowest BCUT2D eigenvalue weighted by Gasteiger charge is -2.31. The van der Waals surface area contributed by atoms with Crippen LogP contribution in [0.15, 0.2) is 42.1 Å². The largest absolute Gasteiger partial charge is 0.365 e. The number of nitrogens with two attached hydrogens (primary N) is 1.